The highest BCUT2D eigenvalue weighted by molar-refractivity contribution is 5.83. The van der Waals surface area contributed by atoms with E-state index in [0.29, 0.717) is 35.8 Å². The minimum atomic E-state index is -0.241. The Morgan fingerprint density at radius 3 is 2.18 bits per heavy atom. The van der Waals surface area contributed by atoms with Crippen molar-refractivity contribution >= 4 is 5.91 Å². The maximum Gasteiger partial charge on any atom is 0.228 e. The van der Waals surface area contributed by atoms with Crippen molar-refractivity contribution in [2.24, 2.45) is 17.3 Å². The molecule has 2 aromatic rings. The molecule has 1 amide bonds. The molecule has 0 radical (unpaired) electrons. The highest BCUT2D eigenvalue weighted by atomic mass is 16.5. The molecule has 0 saturated heterocycles. The van der Waals surface area contributed by atoms with Crippen LogP contribution in [0.2, 0.25) is 0 Å². The van der Waals surface area contributed by atoms with Gasteiger partial charge in [-0.2, -0.15) is 0 Å². The number of methoxy groups -OCH3 is 3. The molecule has 4 bridgehead atoms. The van der Waals surface area contributed by atoms with Crippen LogP contribution in [0, 0.1) is 17.3 Å². The van der Waals surface area contributed by atoms with E-state index < -0.39 is 0 Å². The Bertz CT molecular complexity index is 1020. The molecule has 0 spiro atoms. The topological polar surface area (TPSA) is 48.0 Å². The standard InChI is InChI=1S/C28H35NO4/c1-29(17-19-5-10-24(32-3)25(12-19)33-4)26(30)28-15-20-11-21(16-28)14-27(13-20,18-28)22-6-8-23(31-2)9-7-22/h5-10,12,20-21H,11,13-18H2,1-4H3/t20-,21+,27?,28?. The molecule has 4 aliphatic carbocycles. The van der Waals surface area contributed by atoms with Gasteiger partial charge in [-0.15, -0.1) is 0 Å². The van der Waals surface area contributed by atoms with Gasteiger partial charge in [0, 0.05) is 13.6 Å². The number of nitrogens with zero attached hydrogens (tertiary/aromatic N) is 1. The summed E-state index contributed by atoms with van der Waals surface area (Å²) in [6.07, 6.45) is 6.75. The van der Waals surface area contributed by atoms with Crippen LogP contribution in [-0.4, -0.2) is 39.2 Å². The number of hydrogen-bond acceptors (Lipinski definition) is 4. The van der Waals surface area contributed by atoms with Gasteiger partial charge >= 0.3 is 0 Å². The van der Waals surface area contributed by atoms with Crippen molar-refractivity contribution in [2.75, 3.05) is 28.4 Å². The van der Waals surface area contributed by atoms with E-state index in [1.165, 1.54) is 24.8 Å². The lowest BCUT2D eigenvalue weighted by molar-refractivity contribution is -0.159. The third kappa shape index (κ3) is 3.75. The van der Waals surface area contributed by atoms with Crippen LogP contribution >= 0.6 is 0 Å². The lowest BCUT2D eigenvalue weighted by Gasteiger charge is -2.62. The fourth-order valence-electron chi connectivity index (χ4n) is 7.52. The Morgan fingerprint density at radius 1 is 0.909 bits per heavy atom. The summed E-state index contributed by atoms with van der Waals surface area (Å²) in [4.78, 5) is 15.9. The van der Waals surface area contributed by atoms with Gasteiger partial charge in [0.15, 0.2) is 11.5 Å². The van der Waals surface area contributed by atoms with Crippen LogP contribution in [0.1, 0.15) is 49.7 Å². The summed E-state index contributed by atoms with van der Waals surface area (Å²) in [7, 11) is 6.95. The van der Waals surface area contributed by atoms with Crippen molar-refractivity contribution in [2.45, 2.75) is 50.5 Å². The van der Waals surface area contributed by atoms with Crippen LogP contribution in [0.4, 0.5) is 0 Å². The molecule has 0 heterocycles. The second-order valence-electron chi connectivity index (χ2n) is 10.6. The molecule has 4 saturated carbocycles. The first kappa shape index (κ1) is 22.1. The lowest BCUT2D eigenvalue weighted by atomic mass is 9.42. The fraction of sp³-hybridized carbons (Fsp3) is 0.536. The van der Waals surface area contributed by atoms with E-state index in [0.717, 1.165) is 30.6 Å². The van der Waals surface area contributed by atoms with Crippen molar-refractivity contribution in [1.82, 2.24) is 4.90 Å². The van der Waals surface area contributed by atoms with Crippen LogP contribution < -0.4 is 14.2 Å². The normalized spacial score (nSPS) is 29.6. The Labute approximate surface area is 197 Å². The third-order valence-electron chi connectivity index (χ3n) is 8.43. The van der Waals surface area contributed by atoms with Gasteiger partial charge in [-0.3, -0.25) is 4.79 Å². The Balaban J connectivity index is 1.39. The predicted octanol–water partition coefficient (Wildman–Crippen LogP) is 5.21. The summed E-state index contributed by atoms with van der Waals surface area (Å²) in [5, 5.41) is 0. The number of hydrogen-bond donors (Lipinski definition) is 0. The van der Waals surface area contributed by atoms with E-state index in [-0.39, 0.29) is 10.8 Å². The third-order valence-corrected chi connectivity index (χ3v) is 8.43. The molecule has 2 aromatic carbocycles. The largest absolute Gasteiger partial charge is 0.497 e. The van der Waals surface area contributed by atoms with Gasteiger partial charge in [0.05, 0.1) is 26.7 Å². The molecule has 6 rings (SSSR count). The van der Waals surface area contributed by atoms with E-state index in [4.69, 9.17) is 14.2 Å². The Morgan fingerprint density at radius 2 is 1.58 bits per heavy atom. The second-order valence-corrected chi connectivity index (χ2v) is 10.6. The van der Waals surface area contributed by atoms with Gasteiger partial charge in [0.1, 0.15) is 5.75 Å². The van der Waals surface area contributed by atoms with E-state index in [1.54, 1.807) is 21.3 Å². The highest BCUT2D eigenvalue weighted by Gasteiger charge is 2.61. The number of ether oxygens (including phenoxy) is 3. The monoisotopic (exact) mass is 449 g/mol. The van der Waals surface area contributed by atoms with E-state index >= 15 is 0 Å². The fourth-order valence-corrected chi connectivity index (χ4v) is 7.52. The first-order valence-corrected chi connectivity index (χ1v) is 12.0. The van der Waals surface area contributed by atoms with Gasteiger partial charge < -0.3 is 19.1 Å². The Hall–Kier alpha value is -2.69. The van der Waals surface area contributed by atoms with Crippen LogP contribution in [0.3, 0.4) is 0 Å². The maximum absolute atomic E-state index is 14.0. The van der Waals surface area contributed by atoms with E-state index in [2.05, 4.69) is 24.3 Å². The van der Waals surface area contributed by atoms with E-state index in [1.807, 2.05) is 30.1 Å². The SMILES string of the molecule is COc1ccc(C23C[C@@H]4C[C@@H](CC(C(=O)N(C)Cc5ccc(OC)c(OC)c5)(C4)C2)C3)cc1. The number of benzene rings is 2. The van der Waals surface area contributed by atoms with Crippen molar-refractivity contribution in [3.05, 3.63) is 53.6 Å². The second kappa shape index (κ2) is 8.27. The van der Waals surface area contributed by atoms with Crippen molar-refractivity contribution in [3.63, 3.8) is 0 Å². The minimum absolute atomic E-state index is 0.121. The molecular formula is C28H35NO4. The molecule has 33 heavy (non-hydrogen) atoms. The zero-order chi connectivity index (χ0) is 23.2. The van der Waals surface area contributed by atoms with Crippen molar-refractivity contribution in [1.29, 1.82) is 0 Å². The van der Waals surface area contributed by atoms with Gasteiger partial charge in [-0.1, -0.05) is 18.2 Å². The summed E-state index contributed by atoms with van der Waals surface area (Å²) in [6, 6.07) is 14.5. The molecule has 2 unspecified atom stereocenters. The van der Waals surface area contributed by atoms with Gasteiger partial charge in [0.25, 0.3) is 0 Å². The molecule has 0 aromatic heterocycles. The van der Waals surface area contributed by atoms with Gasteiger partial charge in [-0.25, -0.2) is 0 Å². The number of carbonyl (C=O) groups is 1. The van der Waals surface area contributed by atoms with Crippen molar-refractivity contribution < 1.29 is 19.0 Å². The summed E-state index contributed by atoms with van der Waals surface area (Å²) < 4.78 is 16.2. The van der Waals surface area contributed by atoms with Crippen LogP contribution in [0.25, 0.3) is 0 Å². The van der Waals surface area contributed by atoms with Crippen LogP contribution in [0.15, 0.2) is 42.5 Å². The predicted molar refractivity (Wildman–Crippen MR) is 128 cm³/mol. The summed E-state index contributed by atoms with van der Waals surface area (Å²) in [6.45, 7) is 0.575. The molecule has 176 valence electrons. The molecule has 0 N–H and O–H groups in total. The van der Waals surface area contributed by atoms with Crippen LogP contribution in [-0.2, 0) is 16.8 Å². The maximum atomic E-state index is 14.0. The molecular weight excluding hydrogens is 414 g/mol. The van der Waals surface area contributed by atoms with Gasteiger partial charge in [0.2, 0.25) is 5.91 Å². The molecule has 4 aliphatic rings. The number of rotatable bonds is 7. The zero-order valence-corrected chi connectivity index (χ0v) is 20.2. The Kier molecular flexibility index (Phi) is 5.54. The van der Waals surface area contributed by atoms with Gasteiger partial charge in [-0.05, 0) is 91.2 Å². The highest BCUT2D eigenvalue weighted by Crippen LogP contribution is 2.66. The average Bonchev–Trinajstić information content (AvgIpc) is 2.82. The first-order chi connectivity index (χ1) is 15.9. The van der Waals surface area contributed by atoms with Crippen molar-refractivity contribution in [3.8, 4) is 17.2 Å². The summed E-state index contributed by atoms with van der Waals surface area (Å²) >= 11 is 0. The van der Waals surface area contributed by atoms with Crippen LogP contribution in [0.5, 0.6) is 17.2 Å². The first-order valence-electron chi connectivity index (χ1n) is 12.0. The average molecular weight is 450 g/mol. The smallest absolute Gasteiger partial charge is 0.228 e. The summed E-state index contributed by atoms with van der Waals surface area (Å²) in [5.41, 5.74) is 2.32. The zero-order valence-electron chi connectivity index (χ0n) is 20.2. The quantitative estimate of drug-likeness (QED) is 0.582. The molecule has 5 nitrogen and oxygen atoms in total. The molecule has 5 heteroatoms. The molecule has 4 fully saturated rings. The van der Waals surface area contributed by atoms with E-state index in [9.17, 15) is 4.79 Å². The molecule has 4 atom stereocenters. The number of amides is 1. The lowest BCUT2D eigenvalue weighted by Crippen LogP contribution is -2.59. The molecule has 0 aliphatic heterocycles. The minimum Gasteiger partial charge on any atom is -0.497 e. The summed E-state index contributed by atoms with van der Waals surface area (Å²) in [5.74, 6) is 3.90. The number of carbonyl (C=O) groups excluding carboxylic acids is 1.